The van der Waals surface area contributed by atoms with Crippen molar-refractivity contribution in [2.45, 2.75) is 32.7 Å². The third-order valence-electron chi connectivity index (χ3n) is 2.17. The number of nitrogens with two attached hydrogens (primary N) is 1. The smallest absolute Gasteiger partial charge is 0.115 e. The first-order valence-corrected chi connectivity index (χ1v) is 4.33. The first-order chi connectivity index (χ1) is 5.61. The second kappa shape index (κ2) is 3.27. The van der Waals surface area contributed by atoms with E-state index in [0.29, 0.717) is 6.54 Å². The predicted octanol–water partition coefficient (Wildman–Crippen LogP) is 1.14. The number of hydrogen-bond acceptors (Lipinski definition) is 2. The lowest BCUT2D eigenvalue weighted by atomic mass is 9.93. The van der Waals surface area contributed by atoms with E-state index in [1.54, 1.807) is 0 Å². The van der Waals surface area contributed by atoms with E-state index >= 15 is 0 Å². The maximum atomic E-state index is 5.67. The summed E-state index contributed by atoms with van der Waals surface area (Å²) in [5.41, 5.74) is 5.65. The van der Waals surface area contributed by atoms with Crippen molar-refractivity contribution in [1.82, 2.24) is 9.55 Å². The first-order valence-electron chi connectivity index (χ1n) is 4.33. The fraction of sp³-hybridized carbons (Fsp3) is 0.667. The van der Waals surface area contributed by atoms with Crippen molar-refractivity contribution in [1.29, 1.82) is 0 Å². The minimum atomic E-state index is -0.0144. The van der Waals surface area contributed by atoms with Gasteiger partial charge in [-0.1, -0.05) is 13.8 Å². The fourth-order valence-electron chi connectivity index (χ4n) is 1.24. The lowest BCUT2D eigenvalue weighted by molar-refractivity contribution is 0.472. The highest BCUT2D eigenvalue weighted by atomic mass is 15.1. The molecule has 0 aliphatic carbocycles. The van der Waals surface area contributed by atoms with E-state index in [1.807, 2.05) is 12.4 Å². The maximum Gasteiger partial charge on any atom is 0.115 e. The minimum Gasteiger partial charge on any atom is -0.335 e. The molecule has 2 N–H and O–H groups in total. The lowest BCUT2D eigenvalue weighted by Gasteiger charge is -2.22. The van der Waals surface area contributed by atoms with Gasteiger partial charge in [0.05, 0.1) is 0 Å². The Kier molecular flexibility index (Phi) is 2.52. The van der Waals surface area contributed by atoms with Gasteiger partial charge in [-0.05, 0) is 6.92 Å². The van der Waals surface area contributed by atoms with Gasteiger partial charge in [-0.2, -0.15) is 0 Å². The van der Waals surface area contributed by atoms with Crippen LogP contribution in [0, 0.1) is 0 Å². The van der Waals surface area contributed by atoms with Crippen LogP contribution >= 0.6 is 0 Å². The highest BCUT2D eigenvalue weighted by Crippen LogP contribution is 2.19. The number of hydrogen-bond donors (Lipinski definition) is 1. The van der Waals surface area contributed by atoms with Gasteiger partial charge in [0, 0.05) is 30.9 Å². The second-order valence-corrected chi connectivity index (χ2v) is 3.62. The van der Waals surface area contributed by atoms with Crippen LogP contribution < -0.4 is 5.73 Å². The van der Waals surface area contributed by atoms with Crippen molar-refractivity contribution in [3.8, 4) is 0 Å². The van der Waals surface area contributed by atoms with Crippen LogP contribution in [-0.2, 0) is 12.0 Å². The Morgan fingerprint density at radius 1 is 1.58 bits per heavy atom. The average molecular weight is 167 g/mol. The summed E-state index contributed by atoms with van der Waals surface area (Å²) >= 11 is 0. The first kappa shape index (κ1) is 9.26. The molecule has 0 bridgehead atoms. The van der Waals surface area contributed by atoms with Gasteiger partial charge in [0.2, 0.25) is 0 Å². The quantitative estimate of drug-likeness (QED) is 0.733. The molecule has 1 aromatic rings. The molecule has 0 radical (unpaired) electrons. The number of nitrogens with zero attached hydrogens (tertiary/aromatic N) is 2. The summed E-state index contributed by atoms with van der Waals surface area (Å²) in [5.74, 6) is 1.08. The molecule has 0 aliphatic heterocycles. The molecular weight excluding hydrogens is 150 g/mol. The zero-order valence-corrected chi connectivity index (χ0v) is 8.04. The summed E-state index contributed by atoms with van der Waals surface area (Å²) < 4.78 is 2.13. The molecule has 0 saturated carbocycles. The number of rotatable bonds is 3. The number of aryl methyl sites for hydroxylation is 1. The van der Waals surface area contributed by atoms with E-state index < -0.39 is 0 Å². The van der Waals surface area contributed by atoms with Gasteiger partial charge in [-0.3, -0.25) is 0 Å². The van der Waals surface area contributed by atoms with Gasteiger partial charge in [0.15, 0.2) is 0 Å². The topological polar surface area (TPSA) is 43.8 Å². The monoisotopic (exact) mass is 167 g/mol. The normalized spacial score (nSPS) is 12.0. The average Bonchev–Trinajstić information content (AvgIpc) is 2.52. The Morgan fingerprint density at radius 2 is 2.25 bits per heavy atom. The number of imidazole rings is 1. The van der Waals surface area contributed by atoms with E-state index in [-0.39, 0.29) is 5.41 Å². The predicted molar refractivity (Wildman–Crippen MR) is 50.0 cm³/mol. The standard InChI is InChI=1S/C9H17N3/c1-4-12-6-5-11-8(12)9(2,3)7-10/h5-6H,4,7,10H2,1-3H3. The highest BCUT2D eigenvalue weighted by Gasteiger charge is 2.23. The van der Waals surface area contributed by atoms with Crippen molar-refractivity contribution >= 4 is 0 Å². The SMILES string of the molecule is CCn1ccnc1C(C)(C)CN. The molecule has 0 unspecified atom stereocenters. The summed E-state index contributed by atoms with van der Waals surface area (Å²) in [6, 6.07) is 0. The second-order valence-electron chi connectivity index (χ2n) is 3.62. The number of aromatic nitrogens is 2. The molecular formula is C9H17N3. The molecule has 0 saturated heterocycles. The Bertz CT molecular complexity index is 250. The molecule has 0 spiro atoms. The molecule has 68 valence electrons. The van der Waals surface area contributed by atoms with Crippen LogP contribution in [0.25, 0.3) is 0 Å². The third kappa shape index (κ3) is 1.50. The molecule has 0 atom stereocenters. The van der Waals surface area contributed by atoms with E-state index in [4.69, 9.17) is 5.73 Å². The van der Waals surface area contributed by atoms with Crippen molar-refractivity contribution in [2.75, 3.05) is 6.54 Å². The van der Waals surface area contributed by atoms with Crippen LogP contribution in [0.2, 0.25) is 0 Å². The third-order valence-corrected chi connectivity index (χ3v) is 2.17. The Hall–Kier alpha value is -0.830. The molecule has 12 heavy (non-hydrogen) atoms. The van der Waals surface area contributed by atoms with Crippen LogP contribution in [0.3, 0.4) is 0 Å². The molecule has 1 rings (SSSR count). The van der Waals surface area contributed by atoms with E-state index in [1.165, 1.54) is 0 Å². The van der Waals surface area contributed by atoms with E-state index in [9.17, 15) is 0 Å². The summed E-state index contributed by atoms with van der Waals surface area (Å²) in [6.45, 7) is 7.92. The van der Waals surface area contributed by atoms with Crippen molar-refractivity contribution in [3.05, 3.63) is 18.2 Å². The summed E-state index contributed by atoms with van der Waals surface area (Å²) in [6.07, 6.45) is 3.82. The molecule has 0 amide bonds. The van der Waals surface area contributed by atoms with Crippen LogP contribution in [0.1, 0.15) is 26.6 Å². The molecule has 0 aliphatic rings. The lowest BCUT2D eigenvalue weighted by Crippen LogP contribution is -2.31. The largest absolute Gasteiger partial charge is 0.335 e. The van der Waals surface area contributed by atoms with Gasteiger partial charge in [0.25, 0.3) is 0 Å². The summed E-state index contributed by atoms with van der Waals surface area (Å²) in [5, 5.41) is 0. The summed E-state index contributed by atoms with van der Waals surface area (Å²) in [7, 11) is 0. The van der Waals surface area contributed by atoms with E-state index in [2.05, 4.69) is 30.3 Å². The Balaban J connectivity index is 3.00. The molecule has 1 heterocycles. The van der Waals surface area contributed by atoms with E-state index in [0.717, 1.165) is 12.4 Å². The molecule has 0 fully saturated rings. The molecule has 3 heteroatoms. The van der Waals surface area contributed by atoms with Gasteiger partial charge < -0.3 is 10.3 Å². The molecule has 1 aromatic heterocycles. The van der Waals surface area contributed by atoms with Gasteiger partial charge in [-0.15, -0.1) is 0 Å². The molecule has 3 nitrogen and oxygen atoms in total. The van der Waals surface area contributed by atoms with Gasteiger partial charge in [-0.25, -0.2) is 4.98 Å². The van der Waals surface area contributed by atoms with Crippen LogP contribution in [-0.4, -0.2) is 16.1 Å². The van der Waals surface area contributed by atoms with Crippen LogP contribution in [0.4, 0.5) is 0 Å². The van der Waals surface area contributed by atoms with Gasteiger partial charge >= 0.3 is 0 Å². The summed E-state index contributed by atoms with van der Waals surface area (Å²) in [4.78, 5) is 4.31. The minimum absolute atomic E-state index is 0.0144. The van der Waals surface area contributed by atoms with Crippen LogP contribution in [0.5, 0.6) is 0 Å². The zero-order chi connectivity index (χ0) is 9.19. The Labute approximate surface area is 73.6 Å². The van der Waals surface area contributed by atoms with Gasteiger partial charge in [0.1, 0.15) is 5.82 Å². The van der Waals surface area contributed by atoms with Crippen molar-refractivity contribution in [3.63, 3.8) is 0 Å². The van der Waals surface area contributed by atoms with Crippen LogP contribution in [0.15, 0.2) is 12.4 Å². The Morgan fingerprint density at radius 3 is 2.75 bits per heavy atom. The molecule has 0 aromatic carbocycles. The van der Waals surface area contributed by atoms with Crippen molar-refractivity contribution < 1.29 is 0 Å². The zero-order valence-electron chi connectivity index (χ0n) is 8.04. The highest BCUT2D eigenvalue weighted by molar-refractivity contribution is 5.07. The fourth-order valence-corrected chi connectivity index (χ4v) is 1.24. The van der Waals surface area contributed by atoms with Crippen molar-refractivity contribution in [2.24, 2.45) is 5.73 Å². The maximum absolute atomic E-state index is 5.67.